The van der Waals surface area contributed by atoms with Crippen LogP contribution in [0.15, 0.2) is 55.2 Å². The summed E-state index contributed by atoms with van der Waals surface area (Å²) < 4.78 is 15.6. The van der Waals surface area contributed by atoms with E-state index in [9.17, 15) is 4.39 Å². The van der Waals surface area contributed by atoms with Crippen LogP contribution in [0.1, 0.15) is 30.9 Å². The highest BCUT2D eigenvalue weighted by Crippen LogP contribution is 2.27. The average Bonchev–Trinajstić information content (AvgIpc) is 3.38. The first-order valence-corrected chi connectivity index (χ1v) is 10.2. The first kappa shape index (κ1) is 19.2. The van der Waals surface area contributed by atoms with Crippen molar-refractivity contribution in [1.29, 1.82) is 0 Å². The highest BCUT2D eigenvalue weighted by molar-refractivity contribution is 5.78. The van der Waals surface area contributed by atoms with Crippen molar-refractivity contribution in [2.45, 2.75) is 26.2 Å². The number of hydrogen-bond donors (Lipinski definition) is 2. The zero-order valence-electron chi connectivity index (χ0n) is 17.3. The van der Waals surface area contributed by atoms with Crippen molar-refractivity contribution < 1.29 is 4.39 Å². The molecule has 0 saturated carbocycles. The lowest BCUT2D eigenvalue weighted by molar-refractivity contribution is 0.622. The van der Waals surface area contributed by atoms with Gasteiger partial charge >= 0.3 is 0 Å². The fraction of sp³-hybridized carbons (Fsp3) is 0.217. The van der Waals surface area contributed by atoms with E-state index in [1.54, 1.807) is 16.9 Å². The quantitative estimate of drug-likeness (QED) is 0.424. The van der Waals surface area contributed by atoms with Crippen LogP contribution >= 0.6 is 0 Å². The molecule has 0 unspecified atom stereocenters. The van der Waals surface area contributed by atoms with E-state index >= 15 is 0 Å². The molecule has 7 nitrogen and oxygen atoms in total. The number of nitrogens with zero attached hydrogens (tertiary/aromatic N) is 5. The molecule has 5 aromatic heterocycles. The number of rotatable bonds is 6. The number of nitrogens with one attached hydrogen (secondary N) is 2. The summed E-state index contributed by atoms with van der Waals surface area (Å²) in [6.07, 6.45) is 9.24. The van der Waals surface area contributed by atoms with Crippen LogP contribution in [-0.2, 0) is 6.42 Å². The van der Waals surface area contributed by atoms with Crippen LogP contribution in [0.25, 0.3) is 27.9 Å². The molecule has 8 heteroatoms. The van der Waals surface area contributed by atoms with Gasteiger partial charge in [0.2, 0.25) is 0 Å². The lowest BCUT2D eigenvalue weighted by Crippen LogP contribution is -2.10. The number of aromatic nitrogens is 6. The Labute approximate surface area is 178 Å². The van der Waals surface area contributed by atoms with Gasteiger partial charge in [-0.3, -0.25) is 9.97 Å². The van der Waals surface area contributed by atoms with Gasteiger partial charge in [-0.1, -0.05) is 13.8 Å². The maximum Gasteiger partial charge on any atom is 0.161 e. The summed E-state index contributed by atoms with van der Waals surface area (Å²) >= 11 is 0. The van der Waals surface area contributed by atoms with Crippen LogP contribution in [0.4, 0.5) is 10.2 Å². The topological polar surface area (TPSA) is 83.8 Å². The largest absolute Gasteiger partial charge is 0.370 e. The molecular weight excluding hydrogens is 393 g/mol. The van der Waals surface area contributed by atoms with Crippen molar-refractivity contribution in [2.75, 3.05) is 11.9 Å². The van der Waals surface area contributed by atoms with Crippen molar-refractivity contribution in [3.8, 4) is 11.3 Å². The Morgan fingerprint density at radius 2 is 2.10 bits per heavy atom. The predicted octanol–water partition coefficient (Wildman–Crippen LogP) is 4.58. The van der Waals surface area contributed by atoms with Crippen LogP contribution in [0.3, 0.4) is 0 Å². The summed E-state index contributed by atoms with van der Waals surface area (Å²) in [6.45, 7) is 4.89. The molecule has 0 aliphatic carbocycles. The van der Waals surface area contributed by atoms with Gasteiger partial charge in [0.15, 0.2) is 5.65 Å². The van der Waals surface area contributed by atoms with Gasteiger partial charge in [0.1, 0.15) is 11.6 Å². The molecule has 0 radical (unpaired) electrons. The van der Waals surface area contributed by atoms with Crippen molar-refractivity contribution in [2.24, 2.45) is 0 Å². The molecule has 156 valence electrons. The first-order chi connectivity index (χ1) is 15.1. The third-order valence-electron chi connectivity index (χ3n) is 5.34. The minimum atomic E-state index is -0.391. The van der Waals surface area contributed by atoms with E-state index in [1.165, 1.54) is 12.3 Å². The number of aromatic amines is 1. The Morgan fingerprint density at radius 1 is 1.19 bits per heavy atom. The molecule has 0 aromatic carbocycles. The third kappa shape index (κ3) is 3.61. The number of pyridine rings is 2. The fourth-order valence-corrected chi connectivity index (χ4v) is 3.74. The van der Waals surface area contributed by atoms with Gasteiger partial charge in [-0.25, -0.2) is 9.37 Å². The second-order valence-corrected chi connectivity index (χ2v) is 7.80. The summed E-state index contributed by atoms with van der Waals surface area (Å²) in [5.74, 6) is 0.665. The van der Waals surface area contributed by atoms with Gasteiger partial charge in [0.05, 0.1) is 29.1 Å². The lowest BCUT2D eigenvalue weighted by atomic mass is 10.1. The summed E-state index contributed by atoms with van der Waals surface area (Å²) in [4.78, 5) is 16.5. The molecule has 0 amide bonds. The molecule has 31 heavy (non-hydrogen) atoms. The molecule has 0 saturated heterocycles. The second kappa shape index (κ2) is 7.79. The normalized spacial score (nSPS) is 11.6. The van der Waals surface area contributed by atoms with Crippen LogP contribution in [0, 0.1) is 5.82 Å². The molecule has 5 heterocycles. The molecule has 0 atom stereocenters. The van der Waals surface area contributed by atoms with E-state index < -0.39 is 5.82 Å². The van der Waals surface area contributed by atoms with Gasteiger partial charge < -0.3 is 10.3 Å². The van der Waals surface area contributed by atoms with Crippen LogP contribution in [0.2, 0.25) is 0 Å². The van der Waals surface area contributed by atoms with E-state index in [-0.39, 0.29) is 5.92 Å². The van der Waals surface area contributed by atoms with Crippen LogP contribution < -0.4 is 5.32 Å². The smallest absolute Gasteiger partial charge is 0.161 e. The Kier molecular flexibility index (Phi) is 4.82. The third-order valence-corrected chi connectivity index (χ3v) is 5.34. The monoisotopic (exact) mass is 415 g/mol. The summed E-state index contributed by atoms with van der Waals surface area (Å²) in [5.41, 5.74) is 6.23. The highest BCUT2D eigenvalue weighted by Gasteiger charge is 2.15. The number of halogens is 1. The van der Waals surface area contributed by atoms with Crippen LogP contribution in [-0.4, -0.2) is 36.1 Å². The van der Waals surface area contributed by atoms with Gasteiger partial charge in [0.25, 0.3) is 0 Å². The second-order valence-electron chi connectivity index (χ2n) is 7.80. The number of anilines is 1. The van der Waals surface area contributed by atoms with Gasteiger partial charge in [-0.2, -0.15) is 9.61 Å². The minimum absolute atomic E-state index is 0.260. The van der Waals surface area contributed by atoms with Crippen molar-refractivity contribution >= 4 is 22.5 Å². The Balaban J connectivity index is 1.49. The lowest BCUT2D eigenvalue weighted by Gasteiger charge is -2.12. The molecule has 0 spiro atoms. The summed E-state index contributed by atoms with van der Waals surface area (Å²) in [6, 6.07) is 7.26. The predicted molar refractivity (Wildman–Crippen MR) is 119 cm³/mol. The SMILES string of the molecule is CC(C)c1cnn2c(NCCc3c[nH]c4cccnc34)cc(-c3cncc(F)c3)nc12. The zero-order valence-corrected chi connectivity index (χ0v) is 17.3. The Bertz CT molecular complexity index is 1370. The van der Waals surface area contributed by atoms with Crippen molar-refractivity contribution in [3.05, 3.63) is 72.2 Å². The maximum absolute atomic E-state index is 13.8. The molecular formula is C23H22FN7. The molecule has 2 N–H and O–H groups in total. The van der Waals surface area contributed by atoms with E-state index in [0.29, 0.717) is 17.8 Å². The summed E-state index contributed by atoms with van der Waals surface area (Å²) in [7, 11) is 0. The standard InChI is InChI=1S/C23H22FN7/c1-14(2)18-13-29-31-21(9-20(30-23(18)31)16-8-17(24)12-25-10-16)26-7-5-15-11-28-19-4-3-6-27-22(15)19/h3-4,6,8-14,26,28H,5,7H2,1-2H3. The summed E-state index contributed by atoms with van der Waals surface area (Å²) in [5, 5.41) is 8.01. The number of hydrogen-bond acceptors (Lipinski definition) is 5. The molecule has 0 aliphatic heterocycles. The number of H-pyrrole nitrogens is 1. The molecule has 5 rings (SSSR count). The Hall–Kier alpha value is -3.81. The van der Waals surface area contributed by atoms with Crippen molar-refractivity contribution in [3.63, 3.8) is 0 Å². The van der Waals surface area contributed by atoms with E-state index in [4.69, 9.17) is 4.98 Å². The van der Waals surface area contributed by atoms with Gasteiger partial charge in [-0.15, -0.1) is 0 Å². The maximum atomic E-state index is 13.8. The first-order valence-electron chi connectivity index (χ1n) is 10.2. The molecule has 5 aromatic rings. The van der Waals surface area contributed by atoms with E-state index in [1.807, 2.05) is 30.6 Å². The van der Waals surface area contributed by atoms with Crippen LogP contribution in [0.5, 0.6) is 0 Å². The Morgan fingerprint density at radius 3 is 2.94 bits per heavy atom. The van der Waals surface area contributed by atoms with Gasteiger partial charge in [0, 0.05) is 42.3 Å². The van der Waals surface area contributed by atoms with Gasteiger partial charge in [-0.05, 0) is 36.1 Å². The molecule has 0 fully saturated rings. The van der Waals surface area contributed by atoms with E-state index in [2.05, 4.69) is 39.2 Å². The molecule has 0 bridgehead atoms. The molecule has 0 aliphatic rings. The van der Waals surface area contributed by atoms with Crippen molar-refractivity contribution in [1.82, 2.24) is 29.5 Å². The zero-order chi connectivity index (χ0) is 21.4. The fourth-order valence-electron chi connectivity index (χ4n) is 3.74. The highest BCUT2D eigenvalue weighted by atomic mass is 19.1. The number of fused-ring (bicyclic) bond motifs is 2. The average molecular weight is 415 g/mol. The minimum Gasteiger partial charge on any atom is -0.370 e. The van der Waals surface area contributed by atoms with E-state index in [0.717, 1.165) is 40.0 Å².